The molecule has 1 rings (SSSR count). The molecule has 0 aromatic heterocycles. The fraction of sp³-hybridized carbons (Fsp3) is 0.800. The molecule has 14 heavy (non-hydrogen) atoms. The molecule has 1 saturated heterocycles. The molecular weight excluding hydrogens is 180 g/mol. The molecule has 4 heteroatoms. The molecule has 0 aromatic carbocycles. The Morgan fingerprint density at radius 1 is 1.64 bits per heavy atom. The van der Waals surface area contributed by atoms with Crippen molar-refractivity contribution >= 4 is 12.2 Å². The van der Waals surface area contributed by atoms with E-state index < -0.39 is 0 Å². The minimum Gasteiger partial charge on any atom is -0.338 e. The van der Waals surface area contributed by atoms with Gasteiger partial charge in [-0.15, -0.1) is 0 Å². The van der Waals surface area contributed by atoms with E-state index in [1.165, 1.54) is 0 Å². The van der Waals surface area contributed by atoms with E-state index in [0.717, 1.165) is 0 Å². The summed E-state index contributed by atoms with van der Waals surface area (Å²) in [5.41, 5.74) is 5.61. The quantitative estimate of drug-likeness (QED) is 0.693. The largest absolute Gasteiger partial charge is 0.338 e. The second kappa shape index (κ2) is 4.55. The van der Waals surface area contributed by atoms with Crippen LogP contribution in [-0.4, -0.2) is 35.7 Å². The average molecular weight is 197 g/mol. The van der Waals surface area contributed by atoms with Gasteiger partial charge in [0.15, 0.2) is 0 Å². The zero-order valence-electron chi connectivity index (χ0n) is 8.69. The van der Waals surface area contributed by atoms with Crippen molar-refractivity contribution in [2.45, 2.75) is 38.8 Å². The van der Waals surface area contributed by atoms with Gasteiger partial charge in [-0.1, -0.05) is 13.8 Å². The summed E-state index contributed by atoms with van der Waals surface area (Å²) in [6, 6.07) is -0.406. The van der Waals surface area contributed by atoms with Gasteiger partial charge in [0.25, 0.3) is 0 Å². The van der Waals surface area contributed by atoms with Gasteiger partial charge in [0.1, 0.15) is 0 Å². The number of amides is 1. The van der Waals surface area contributed by atoms with Gasteiger partial charge >= 0.3 is 0 Å². The van der Waals surface area contributed by atoms with E-state index in [9.17, 15) is 9.59 Å². The number of hydrogen-bond acceptors (Lipinski definition) is 3. The number of carbonyl (C=O) groups is 1. The summed E-state index contributed by atoms with van der Waals surface area (Å²) in [5.74, 6) is 0.240. The highest BCUT2D eigenvalue weighted by molar-refractivity contribution is 5.84. The first-order valence-electron chi connectivity index (χ1n) is 4.99. The fourth-order valence-electron chi connectivity index (χ4n) is 1.85. The van der Waals surface area contributed by atoms with Crippen LogP contribution in [-0.2, 0) is 9.59 Å². The summed E-state index contributed by atoms with van der Waals surface area (Å²) in [6.07, 6.45) is 2.86. The molecule has 1 heterocycles. The van der Waals surface area contributed by atoms with Crippen molar-refractivity contribution in [1.82, 2.24) is 4.90 Å². The standard InChI is InChI=1S/C10H17N2O2/c1-7(2)9(4-6-13)12-5-3-8(11)10(12)14/h7-9H,3-5,11H2,1-2H3/t8?,9-/m0/s1. The second-order valence-electron chi connectivity index (χ2n) is 4.09. The Hall–Kier alpha value is -0.900. The Bertz CT molecular complexity index is 228. The molecule has 4 nitrogen and oxygen atoms in total. The third-order valence-electron chi connectivity index (χ3n) is 2.74. The van der Waals surface area contributed by atoms with Crippen LogP contribution in [0.2, 0.25) is 0 Å². The van der Waals surface area contributed by atoms with Crippen molar-refractivity contribution in [1.29, 1.82) is 0 Å². The van der Waals surface area contributed by atoms with Gasteiger partial charge in [0, 0.05) is 19.0 Å². The highest BCUT2D eigenvalue weighted by atomic mass is 16.2. The first-order chi connectivity index (χ1) is 6.57. The number of likely N-dealkylation sites (tertiary alicyclic amines) is 1. The third kappa shape index (κ3) is 2.12. The maximum Gasteiger partial charge on any atom is 0.239 e. The maximum atomic E-state index is 11.6. The lowest BCUT2D eigenvalue weighted by atomic mass is 10.00. The minimum atomic E-state index is -0.372. The molecule has 2 atom stereocenters. The molecule has 1 fully saturated rings. The highest BCUT2D eigenvalue weighted by Gasteiger charge is 2.34. The van der Waals surface area contributed by atoms with Gasteiger partial charge in [0.05, 0.1) is 6.04 Å². The van der Waals surface area contributed by atoms with Crippen LogP contribution >= 0.6 is 0 Å². The van der Waals surface area contributed by atoms with Crippen LogP contribution in [0, 0.1) is 5.92 Å². The number of nitrogens with zero attached hydrogens (tertiary/aromatic N) is 1. The number of nitrogens with two attached hydrogens (primary N) is 1. The van der Waals surface area contributed by atoms with Gasteiger partial charge in [-0.3, -0.25) is 9.59 Å². The van der Waals surface area contributed by atoms with Crippen molar-refractivity contribution in [2.75, 3.05) is 6.54 Å². The van der Waals surface area contributed by atoms with E-state index in [-0.39, 0.29) is 30.3 Å². The van der Waals surface area contributed by atoms with Crippen LogP contribution in [0.4, 0.5) is 0 Å². The SMILES string of the molecule is CC(C)[C@H](C[C]=O)N1CCC(N)C1=O. The van der Waals surface area contributed by atoms with Crippen molar-refractivity contribution in [3.8, 4) is 0 Å². The van der Waals surface area contributed by atoms with Gasteiger partial charge < -0.3 is 10.6 Å². The zero-order valence-corrected chi connectivity index (χ0v) is 8.69. The lowest BCUT2D eigenvalue weighted by molar-refractivity contribution is -0.131. The number of rotatable bonds is 4. The monoisotopic (exact) mass is 197 g/mol. The molecule has 0 spiro atoms. The van der Waals surface area contributed by atoms with E-state index in [1.54, 1.807) is 4.90 Å². The first-order valence-corrected chi connectivity index (χ1v) is 4.99. The second-order valence-corrected chi connectivity index (χ2v) is 4.09. The molecule has 1 unspecified atom stereocenters. The zero-order chi connectivity index (χ0) is 10.7. The smallest absolute Gasteiger partial charge is 0.239 e. The van der Waals surface area contributed by atoms with Gasteiger partial charge in [-0.2, -0.15) is 0 Å². The molecule has 1 amide bonds. The molecule has 1 aliphatic rings. The molecule has 1 aliphatic heterocycles. The normalized spacial score (nSPS) is 24.4. The molecule has 0 saturated carbocycles. The van der Waals surface area contributed by atoms with Gasteiger partial charge in [-0.05, 0) is 12.3 Å². The molecule has 0 aliphatic carbocycles. The highest BCUT2D eigenvalue weighted by Crippen LogP contribution is 2.20. The number of carbonyl (C=O) groups excluding carboxylic acids is 2. The Morgan fingerprint density at radius 3 is 2.64 bits per heavy atom. The fourth-order valence-corrected chi connectivity index (χ4v) is 1.85. The van der Waals surface area contributed by atoms with E-state index in [0.29, 0.717) is 13.0 Å². The van der Waals surface area contributed by atoms with E-state index in [2.05, 4.69) is 0 Å². The van der Waals surface area contributed by atoms with Crippen LogP contribution in [0.1, 0.15) is 26.7 Å². The van der Waals surface area contributed by atoms with Crippen molar-refractivity contribution in [2.24, 2.45) is 11.7 Å². The van der Waals surface area contributed by atoms with Gasteiger partial charge in [0.2, 0.25) is 12.2 Å². The molecular formula is C10H17N2O2. The molecule has 1 radical (unpaired) electrons. The summed E-state index contributed by atoms with van der Waals surface area (Å²) in [7, 11) is 0. The molecule has 2 N–H and O–H groups in total. The lowest BCUT2D eigenvalue weighted by Gasteiger charge is -2.29. The van der Waals surface area contributed by atoms with Crippen LogP contribution in [0.15, 0.2) is 0 Å². The summed E-state index contributed by atoms with van der Waals surface area (Å²) in [5, 5.41) is 0. The van der Waals surface area contributed by atoms with Crippen LogP contribution in [0.25, 0.3) is 0 Å². The molecule has 0 bridgehead atoms. The van der Waals surface area contributed by atoms with E-state index in [1.807, 2.05) is 20.1 Å². The summed E-state index contributed by atoms with van der Waals surface area (Å²) in [4.78, 5) is 23.7. The predicted octanol–water partition coefficient (Wildman–Crippen LogP) is 0.0704. The Morgan fingerprint density at radius 2 is 2.29 bits per heavy atom. The molecule has 0 aromatic rings. The summed E-state index contributed by atoms with van der Waals surface area (Å²) >= 11 is 0. The first kappa shape index (κ1) is 11.2. The third-order valence-corrected chi connectivity index (χ3v) is 2.74. The van der Waals surface area contributed by atoms with Crippen molar-refractivity contribution in [3.05, 3.63) is 0 Å². The average Bonchev–Trinajstić information content (AvgIpc) is 2.44. The molecule has 79 valence electrons. The van der Waals surface area contributed by atoms with E-state index in [4.69, 9.17) is 5.73 Å². The Labute approximate surface area is 84.4 Å². The van der Waals surface area contributed by atoms with Crippen LogP contribution in [0.5, 0.6) is 0 Å². The predicted molar refractivity (Wildman–Crippen MR) is 53.2 cm³/mol. The summed E-state index contributed by atoms with van der Waals surface area (Å²) < 4.78 is 0. The Balaban J connectivity index is 2.69. The van der Waals surface area contributed by atoms with Crippen molar-refractivity contribution in [3.63, 3.8) is 0 Å². The van der Waals surface area contributed by atoms with Crippen LogP contribution in [0.3, 0.4) is 0 Å². The summed E-state index contributed by atoms with van der Waals surface area (Å²) in [6.45, 7) is 4.67. The lowest BCUT2D eigenvalue weighted by Crippen LogP contribution is -2.43. The minimum absolute atomic E-state index is 0.0287. The van der Waals surface area contributed by atoms with Crippen molar-refractivity contribution < 1.29 is 9.59 Å². The maximum absolute atomic E-state index is 11.6. The van der Waals surface area contributed by atoms with E-state index >= 15 is 0 Å². The number of hydrogen-bond donors (Lipinski definition) is 1. The van der Waals surface area contributed by atoms with Gasteiger partial charge in [-0.25, -0.2) is 0 Å². The van der Waals surface area contributed by atoms with Crippen LogP contribution < -0.4 is 5.73 Å². The topological polar surface area (TPSA) is 63.4 Å². The Kier molecular flexibility index (Phi) is 3.63.